The molecule has 0 saturated carbocycles. The Morgan fingerprint density at radius 2 is 0.931 bits per heavy atom. The van der Waals surface area contributed by atoms with Gasteiger partial charge in [0.25, 0.3) is 20.0 Å². The van der Waals surface area contributed by atoms with Crippen LogP contribution in [0.3, 0.4) is 0 Å². The predicted molar refractivity (Wildman–Crippen MR) is 118 cm³/mol. The molecule has 29 heavy (non-hydrogen) atoms. The molecular weight excluding hydrogens is 406 g/mol. The molecule has 0 N–H and O–H groups in total. The third-order valence-electron chi connectivity index (χ3n) is 5.64. The number of rotatable bonds is 15. The Morgan fingerprint density at radius 3 is 1.31 bits per heavy atom. The first-order valence-electron chi connectivity index (χ1n) is 11.3. The van der Waals surface area contributed by atoms with Gasteiger partial charge in [0.15, 0.2) is 0 Å². The molecule has 166 valence electrons. The van der Waals surface area contributed by atoms with E-state index in [1.807, 2.05) is 0 Å². The molecular formula is C22H37NO4S2. The Hall–Kier alpha value is -0.920. The first-order chi connectivity index (χ1) is 13.9. The van der Waals surface area contributed by atoms with Gasteiger partial charge in [0.1, 0.15) is 9.79 Å². The minimum atomic E-state index is -3.93. The van der Waals surface area contributed by atoms with Crippen LogP contribution in [0.25, 0.3) is 0 Å². The molecule has 7 heteroatoms. The number of sulfonamides is 2. The molecule has 0 fully saturated rings. The van der Waals surface area contributed by atoms with Crippen molar-refractivity contribution >= 4 is 20.0 Å². The minimum Gasteiger partial charge on any atom is -0.206 e. The van der Waals surface area contributed by atoms with Crippen molar-refractivity contribution in [2.75, 3.05) is 6.54 Å². The van der Waals surface area contributed by atoms with E-state index in [-0.39, 0.29) is 16.3 Å². The number of unbranched alkanes of at least 4 members (excludes halogenated alkanes) is 13. The number of benzene rings is 1. The number of fused-ring (bicyclic) bond motifs is 1. The van der Waals surface area contributed by atoms with Crippen LogP contribution in [0.5, 0.6) is 0 Å². The second-order valence-corrected chi connectivity index (χ2v) is 11.9. The Balaban J connectivity index is 1.55. The van der Waals surface area contributed by atoms with Crippen molar-refractivity contribution in [1.29, 1.82) is 0 Å². The van der Waals surface area contributed by atoms with E-state index in [0.717, 1.165) is 19.3 Å². The van der Waals surface area contributed by atoms with Gasteiger partial charge in [-0.1, -0.05) is 106 Å². The maximum absolute atomic E-state index is 12.5. The van der Waals surface area contributed by atoms with Crippen LogP contribution in [0.15, 0.2) is 34.1 Å². The van der Waals surface area contributed by atoms with E-state index in [1.165, 1.54) is 76.3 Å². The second kappa shape index (κ2) is 12.1. The molecule has 1 aliphatic rings. The summed E-state index contributed by atoms with van der Waals surface area (Å²) in [4.78, 5) is -0.185. The highest BCUT2D eigenvalue weighted by molar-refractivity contribution is 8.06. The normalized spacial score (nSPS) is 17.4. The largest absolute Gasteiger partial charge is 0.257 e. The van der Waals surface area contributed by atoms with E-state index < -0.39 is 20.0 Å². The summed E-state index contributed by atoms with van der Waals surface area (Å²) in [5.41, 5.74) is 0. The van der Waals surface area contributed by atoms with Gasteiger partial charge in [-0.05, 0) is 18.6 Å². The van der Waals surface area contributed by atoms with E-state index in [1.54, 1.807) is 12.1 Å². The zero-order valence-electron chi connectivity index (χ0n) is 17.8. The highest BCUT2D eigenvalue weighted by atomic mass is 32.3. The fourth-order valence-electron chi connectivity index (χ4n) is 3.90. The lowest BCUT2D eigenvalue weighted by Crippen LogP contribution is -2.31. The van der Waals surface area contributed by atoms with Gasteiger partial charge in [-0.3, -0.25) is 0 Å². The van der Waals surface area contributed by atoms with Crippen LogP contribution in [0.2, 0.25) is 0 Å². The maximum Gasteiger partial charge on any atom is 0.257 e. The van der Waals surface area contributed by atoms with Crippen molar-refractivity contribution in [3.63, 3.8) is 0 Å². The van der Waals surface area contributed by atoms with E-state index in [4.69, 9.17) is 0 Å². The first-order valence-corrected chi connectivity index (χ1v) is 14.2. The van der Waals surface area contributed by atoms with Crippen LogP contribution in [0, 0.1) is 0 Å². The molecule has 1 aliphatic heterocycles. The highest BCUT2D eigenvalue weighted by Gasteiger charge is 2.46. The minimum absolute atomic E-state index is 0.0391. The van der Waals surface area contributed by atoms with E-state index in [0.29, 0.717) is 10.1 Å². The van der Waals surface area contributed by atoms with Crippen molar-refractivity contribution in [2.24, 2.45) is 0 Å². The summed E-state index contributed by atoms with van der Waals surface area (Å²) in [6.45, 7) is 2.28. The molecule has 0 bridgehead atoms. The summed E-state index contributed by atoms with van der Waals surface area (Å²) in [7, 11) is -7.85. The van der Waals surface area contributed by atoms with Crippen molar-refractivity contribution < 1.29 is 16.8 Å². The molecule has 5 nitrogen and oxygen atoms in total. The van der Waals surface area contributed by atoms with Gasteiger partial charge >= 0.3 is 0 Å². The van der Waals surface area contributed by atoms with Gasteiger partial charge in [0, 0.05) is 6.54 Å². The summed E-state index contributed by atoms with van der Waals surface area (Å²) in [6, 6.07) is 5.85. The third kappa shape index (κ3) is 6.79. The lowest BCUT2D eigenvalue weighted by atomic mass is 10.0. The molecule has 1 aromatic rings. The molecule has 0 amide bonds. The lowest BCUT2D eigenvalue weighted by molar-refractivity contribution is 0.486. The predicted octanol–water partition coefficient (Wildman–Crippen LogP) is 5.86. The van der Waals surface area contributed by atoms with Crippen molar-refractivity contribution in [3.05, 3.63) is 24.3 Å². The zero-order valence-corrected chi connectivity index (χ0v) is 19.4. The number of hydrogen-bond donors (Lipinski definition) is 0. The molecule has 0 saturated heterocycles. The van der Waals surface area contributed by atoms with Crippen LogP contribution in [-0.4, -0.2) is 27.1 Å². The van der Waals surface area contributed by atoms with Crippen LogP contribution in [-0.2, 0) is 20.0 Å². The van der Waals surface area contributed by atoms with Crippen molar-refractivity contribution in [2.45, 2.75) is 107 Å². The van der Waals surface area contributed by atoms with Crippen LogP contribution < -0.4 is 0 Å². The van der Waals surface area contributed by atoms with Gasteiger partial charge in [0.2, 0.25) is 0 Å². The van der Waals surface area contributed by atoms with E-state index in [2.05, 4.69) is 6.92 Å². The summed E-state index contributed by atoms with van der Waals surface area (Å²) >= 11 is 0. The molecule has 2 rings (SSSR count). The summed E-state index contributed by atoms with van der Waals surface area (Å²) in [6.07, 6.45) is 16.8. The van der Waals surface area contributed by atoms with Gasteiger partial charge in [0.05, 0.1) is 0 Å². The Labute approximate surface area is 178 Å². The van der Waals surface area contributed by atoms with Crippen LogP contribution in [0.1, 0.15) is 96.8 Å². The van der Waals surface area contributed by atoms with Gasteiger partial charge in [-0.2, -0.15) is 0 Å². The third-order valence-corrected chi connectivity index (χ3v) is 10.2. The molecule has 1 heterocycles. The zero-order chi connectivity index (χ0) is 21.2. The second-order valence-electron chi connectivity index (χ2n) is 8.05. The molecule has 0 spiro atoms. The number of hydrogen-bond acceptors (Lipinski definition) is 4. The summed E-state index contributed by atoms with van der Waals surface area (Å²) < 4.78 is 50.7. The maximum atomic E-state index is 12.5. The molecule has 0 aliphatic carbocycles. The molecule has 0 aromatic heterocycles. The first kappa shape index (κ1) is 24.4. The van der Waals surface area contributed by atoms with Crippen molar-refractivity contribution in [1.82, 2.24) is 3.71 Å². The Morgan fingerprint density at radius 1 is 0.586 bits per heavy atom. The Bertz CT molecular complexity index is 766. The lowest BCUT2D eigenvalue weighted by Gasteiger charge is -2.13. The fraction of sp³-hybridized carbons (Fsp3) is 0.727. The standard InChI is InChI=1S/C22H37NO4S2/c1-2-3-4-5-6-7-8-9-10-11-12-13-14-17-20-23-28(24,25)21-18-15-16-19-22(21)29(23,26)27/h15-16,18-19H,2-14,17,20H2,1H3. The smallest absolute Gasteiger partial charge is 0.206 e. The van der Waals surface area contributed by atoms with Gasteiger partial charge < -0.3 is 0 Å². The topological polar surface area (TPSA) is 71.5 Å². The molecule has 0 atom stereocenters. The summed E-state index contributed by atoms with van der Waals surface area (Å²) in [5.74, 6) is 0. The van der Waals surface area contributed by atoms with E-state index >= 15 is 0 Å². The molecule has 1 aromatic carbocycles. The highest BCUT2D eigenvalue weighted by Crippen LogP contribution is 2.36. The van der Waals surface area contributed by atoms with Crippen LogP contribution in [0.4, 0.5) is 0 Å². The SMILES string of the molecule is CCCCCCCCCCCCCCCCN1S(=O)(=O)c2ccccc2S1(=O)=O. The Kier molecular flexibility index (Phi) is 10.1. The van der Waals surface area contributed by atoms with E-state index in [9.17, 15) is 16.8 Å². The average Bonchev–Trinajstić information content (AvgIpc) is 2.85. The summed E-state index contributed by atoms with van der Waals surface area (Å²) in [5, 5.41) is 0. The molecule has 0 unspecified atom stereocenters. The van der Waals surface area contributed by atoms with Gasteiger partial charge in [-0.15, -0.1) is 0 Å². The average molecular weight is 444 g/mol. The molecule has 0 radical (unpaired) electrons. The quantitative estimate of drug-likeness (QED) is 0.318. The van der Waals surface area contributed by atoms with Gasteiger partial charge in [-0.25, -0.2) is 16.8 Å². The monoisotopic (exact) mass is 443 g/mol. The number of nitrogens with zero attached hydrogens (tertiary/aromatic N) is 1. The van der Waals surface area contributed by atoms with Crippen LogP contribution >= 0.6 is 0 Å². The van der Waals surface area contributed by atoms with Crippen molar-refractivity contribution in [3.8, 4) is 0 Å². The fourth-order valence-corrected chi connectivity index (χ4v) is 8.37.